The highest BCUT2D eigenvalue weighted by atomic mass is 14.7. The minimum Gasteiger partial charge on any atom is -0.327 e. The Labute approximate surface area is 106 Å². The number of nitrogens with zero attached hydrogens (tertiary/aromatic N) is 1. The van der Waals surface area contributed by atoms with Crippen molar-refractivity contribution in [2.75, 3.05) is 0 Å². The van der Waals surface area contributed by atoms with E-state index in [2.05, 4.69) is 37.9 Å². The third-order valence-corrected chi connectivity index (χ3v) is 3.34. The van der Waals surface area contributed by atoms with Crippen molar-refractivity contribution in [3.63, 3.8) is 0 Å². The van der Waals surface area contributed by atoms with Gasteiger partial charge < -0.3 is 5.73 Å². The molecule has 0 aliphatic rings. The fourth-order valence-electron chi connectivity index (χ4n) is 2.34. The second kappa shape index (κ2) is 7.44. The molecule has 0 aliphatic heterocycles. The van der Waals surface area contributed by atoms with Crippen molar-refractivity contribution in [3.05, 3.63) is 29.6 Å². The molecule has 96 valence electrons. The summed E-state index contributed by atoms with van der Waals surface area (Å²) < 4.78 is 0. The second-order valence-corrected chi connectivity index (χ2v) is 5.03. The maximum Gasteiger partial charge on any atom is 0.0419 e. The molecule has 2 heteroatoms. The molecule has 1 aromatic heterocycles. The SMILES string of the molecule is CCCC(CCC)C(N)Cc1ccc(C)cn1. The summed E-state index contributed by atoms with van der Waals surface area (Å²) in [6.45, 7) is 6.53. The van der Waals surface area contributed by atoms with Crippen molar-refractivity contribution in [1.29, 1.82) is 0 Å². The van der Waals surface area contributed by atoms with Crippen LogP contribution in [0.3, 0.4) is 0 Å². The Morgan fingerprint density at radius 1 is 1.18 bits per heavy atom. The highest BCUT2D eigenvalue weighted by Crippen LogP contribution is 2.19. The highest BCUT2D eigenvalue weighted by molar-refractivity contribution is 5.13. The van der Waals surface area contributed by atoms with Gasteiger partial charge in [-0.25, -0.2) is 0 Å². The van der Waals surface area contributed by atoms with Gasteiger partial charge in [-0.05, 0) is 37.3 Å². The van der Waals surface area contributed by atoms with Gasteiger partial charge in [-0.3, -0.25) is 4.98 Å². The Bertz CT molecular complexity index is 299. The smallest absolute Gasteiger partial charge is 0.0419 e. The zero-order valence-electron chi connectivity index (χ0n) is 11.4. The number of hydrogen-bond donors (Lipinski definition) is 1. The second-order valence-electron chi connectivity index (χ2n) is 5.03. The van der Waals surface area contributed by atoms with E-state index in [0.29, 0.717) is 5.92 Å². The van der Waals surface area contributed by atoms with Crippen LogP contribution in [-0.4, -0.2) is 11.0 Å². The summed E-state index contributed by atoms with van der Waals surface area (Å²) in [5, 5.41) is 0. The van der Waals surface area contributed by atoms with E-state index in [1.54, 1.807) is 0 Å². The first-order valence-electron chi connectivity index (χ1n) is 6.84. The third-order valence-electron chi connectivity index (χ3n) is 3.34. The quantitative estimate of drug-likeness (QED) is 0.784. The van der Waals surface area contributed by atoms with Crippen LogP contribution >= 0.6 is 0 Å². The number of aromatic nitrogens is 1. The molecule has 1 rings (SSSR count). The molecule has 0 saturated heterocycles. The van der Waals surface area contributed by atoms with Gasteiger partial charge in [0.1, 0.15) is 0 Å². The van der Waals surface area contributed by atoms with Crippen LogP contribution in [-0.2, 0) is 6.42 Å². The van der Waals surface area contributed by atoms with Gasteiger partial charge in [0.05, 0.1) is 0 Å². The predicted octanol–water partition coefficient (Wildman–Crippen LogP) is 3.48. The third kappa shape index (κ3) is 4.86. The molecule has 0 bridgehead atoms. The number of nitrogens with two attached hydrogens (primary N) is 1. The van der Waals surface area contributed by atoms with Crippen molar-refractivity contribution >= 4 is 0 Å². The molecule has 0 fully saturated rings. The van der Waals surface area contributed by atoms with Crippen LogP contribution < -0.4 is 5.73 Å². The summed E-state index contributed by atoms with van der Waals surface area (Å²) >= 11 is 0. The molecule has 2 N–H and O–H groups in total. The Morgan fingerprint density at radius 3 is 2.29 bits per heavy atom. The predicted molar refractivity (Wildman–Crippen MR) is 74.0 cm³/mol. The molecule has 0 saturated carbocycles. The van der Waals surface area contributed by atoms with Crippen LogP contribution in [0, 0.1) is 12.8 Å². The highest BCUT2D eigenvalue weighted by Gasteiger charge is 2.16. The number of pyridine rings is 1. The van der Waals surface area contributed by atoms with Crippen molar-refractivity contribution in [1.82, 2.24) is 4.98 Å². The lowest BCUT2D eigenvalue weighted by Crippen LogP contribution is -2.32. The van der Waals surface area contributed by atoms with Crippen molar-refractivity contribution < 1.29 is 0 Å². The van der Waals surface area contributed by atoms with E-state index in [4.69, 9.17) is 5.73 Å². The number of hydrogen-bond acceptors (Lipinski definition) is 2. The van der Waals surface area contributed by atoms with Crippen molar-refractivity contribution in [2.24, 2.45) is 11.7 Å². The maximum absolute atomic E-state index is 6.32. The summed E-state index contributed by atoms with van der Waals surface area (Å²) in [4.78, 5) is 4.44. The largest absolute Gasteiger partial charge is 0.327 e. The van der Waals surface area contributed by atoms with Gasteiger partial charge in [-0.15, -0.1) is 0 Å². The number of aryl methyl sites for hydroxylation is 1. The zero-order valence-corrected chi connectivity index (χ0v) is 11.4. The molecule has 0 aromatic carbocycles. The molecule has 1 atom stereocenters. The number of rotatable bonds is 7. The van der Waals surface area contributed by atoms with E-state index in [0.717, 1.165) is 12.1 Å². The average molecular weight is 234 g/mol. The molecule has 0 radical (unpaired) electrons. The van der Waals surface area contributed by atoms with Crippen LogP contribution in [0.4, 0.5) is 0 Å². The molecule has 1 heterocycles. The Morgan fingerprint density at radius 2 is 1.82 bits per heavy atom. The minimum absolute atomic E-state index is 0.255. The van der Waals surface area contributed by atoms with Crippen LogP contribution in [0.5, 0.6) is 0 Å². The van der Waals surface area contributed by atoms with Gasteiger partial charge >= 0.3 is 0 Å². The Balaban J connectivity index is 2.55. The van der Waals surface area contributed by atoms with Gasteiger partial charge in [-0.2, -0.15) is 0 Å². The molecule has 17 heavy (non-hydrogen) atoms. The van der Waals surface area contributed by atoms with E-state index < -0.39 is 0 Å². The van der Waals surface area contributed by atoms with E-state index in [1.165, 1.54) is 31.2 Å². The summed E-state index contributed by atoms with van der Waals surface area (Å²) in [6, 6.07) is 4.47. The van der Waals surface area contributed by atoms with Gasteiger partial charge in [0, 0.05) is 24.4 Å². The lowest BCUT2D eigenvalue weighted by molar-refractivity contribution is 0.358. The van der Waals surface area contributed by atoms with E-state index >= 15 is 0 Å². The molecule has 0 aliphatic carbocycles. The first-order chi connectivity index (χ1) is 8.17. The van der Waals surface area contributed by atoms with Crippen molar-refractivity contribution in [2.45, 2.75) is 58.9 Å². The van der Waals surface area contributed by atoms with E-state index in [-0.39, 0.29) is 6.04 Å². The van der Waals surface area contributed by atoms with Crippen LogP contribution in [0.15, 0.2) is 18.3 Å². The normalized spacial score (nSPS) is 13.0. The summed E-state index contributed by atoms with van der Waals surface area (Å²) in [5.74, 6) is 0.646. The van der Waals surface area contributed by atoms with Crippen LogP contribution in [0.1, 0.15) is 50.8 Å². The van der Waals surface area contributed by atoms with E-state index in [9.17, 15) is 0 Å². The minimum atomic E-state index is 0.255. The van der Waals surface area contributed by atoms with Crippen LogP contribution in [0.25, 0.3) is 0 Å². The van der Waals surface area contributed by atoms with Gasteiger partial charge in [0.2, 0.25) is 0 Å². The molecule has 0 amide bonds. The molecule has 0 spiro atoms. The fourth-order valence-corrected chi connectivity index (χ4v) is 2.34. The van der Waals surface area contributed by atoms with Gasteiger partial charge in [0.15, 0.2) is 0 Å². The maximum atomic E-state index is 6.32. The monoisotopic (exact) mass is 234 g/mol. The standard InChI is InChI=1S/C15H26N2/c1-4-6-13(7-5-2)15(16)10-14-9-8-12(3)11-17-14/h8-9,11,13,15H,4-7,10,16H2,1-3H3. The topological polar surface area (TPSA) is 38.9 Å². The van der Waals surface area contributed by atoms with Gasteiger partial charge in [0.25, 0.3) is 0 Å². The van der Waals surface area contributed by atoms with Crippen LogP contribution in [0.2, 0.25) is 0 Å². The summed E-state index contributed by atoms with van der Waals surface area (Å²) in [7, 11) is 0. The van der Waals surface area contributed by atoms with Gasteiger partial charge in [-0.1, -0.05) is 32.8 Å². The fraction of sp³-hybridized carbons (Fsp3) is 0.667. The lowest BCUT2D eigenvalue weighted by Gasteiger charge is -2.22. The lowest BCUT2D eigenvalue weighted by atomic mass is 9.88. The molecule has 1 unspecified atom stereocenters. The first-order valence-corrected chi connectivity index (χ1v) is 6.84. The summed E-state index contributed by atoms with van der Waals surface area (Å²) in [6.07, 6.45) is 7.75. The molecule has 1 aromatic rings. The molecule has 2 nitrogen and oxygen atoms in total. The molecular formula is C15H26N2. The van der Waals surface area contributed by atoms with Crippen molar-refractivity contribution in [3.8, 4) is 0 Å². The Hall–Kier alpha value is -0.890. The van der Waals surface area contributed by atoms with E-state index in [1.807, 2.05) is 6.20 Å². The summed E-state index contributed by atoms with van der Waals surface area (Å²) in [5.41, 5.74) is 8.65. The zero-order chi connectivity index (χ0) is 12.7. The average Bonchev–Trinajstić information content (AvgIpc) is 2.32. The first kappa shape index (κ1) is 14.2. The molecular weight excluding hydrogens is 208 g/mol. The Kier molecular flexibility index (Phi) is 6.20.